The summed E-state index contributed by atoms with van der Waals surface area (Å²) < 4.78 is 34.8. The lowest BCUT2D eigenvalue weighted by molar-refractivity contribution is -0.870. The SMILES string of the molecule is CC/C=C\C/C=C\C/C=C\C/C=C\CCCCCCCCCCCCCCCCCCC(=O)OC(COC(=O)CCCCCCCCCCCCCCCCCCCCCCCCCCCCCCC)COP(=O)(O)OCC[N+](C)(C)C. The van der Waals surface area contributed by atoms with Gasteiger partial charge in [0, 0.05) is 12.8 Å². The van der Waals surface area contributed by atoms with Crippen molar-refractivity contribution >= 4 is 19.8 Å². The molecule has 0 bridgehead atoms. The molecule has 2 unspecified atom stereocenters. The largest absolute Gasteiger partial charge is 0.472 e. The number of hydrogen-bond donors (Lipinski definition) is 1. The van der Waals surface area contributed by atoms with Crippen LogP contribution in [0.5, 0.6) is 0 Å². The molecule has 0 amide bonds. The molecule has 9 nitrogen and oxygen atoms in total. The number of quaternary nitrogens is 1. The lowest BCUT2D eigenvalue weighted by Gasteiger charge is -2.24. The molecule has 482 valence electrons. The smallest absolute Gasteiger partial charge is 0.462 e. The zero-order valence-corrected chi connectivity index (χ0v) is 55.9. The minimum atomic E-state index is -4.39. The molecule has 0 aromatic heterocycles. The summed E-state index contributed by atoms with van der Waals surface area (Å²) in [6, 6.07) is 0. The molecule has 0 aromatic rings. The molecule has 1 N–H and O–H groups in total. The van der Waals surface area contributed by atoms with E-state index >= 15 is 0 Å². The Labute approximate surface area is 509 Å². The molecule has 2 atom stereocenters. The first-order valence-corrected chi connectivity index (χ1v) is 36.9. The first-order valence-electron chi connectivity index (χ1n) is 35.4. The predicted octanol–water partition coefficient (Wildman–Crippen LogP) is 22.8. The first kappa shape index (κ1) is 80.0. The number of hydrogen-bond acceptors (Lipinski definition) is 7. The Morgan fingerprint density at radius 1 is 0.390 bits per heavy atom. The van der Waals surface area contributed by atoms with Crippen LogP contribution in [0.3, 0.4) is 0 Å². The summed E-state index contributed by atoms with van der Waals surface area (Å²) in [6.07, 6.45) is 82.2. The molecular weight excluding hydrogens is 1040 g/mol. The van der Waals surface area contributed by atoms with Crippen molar-refractivity contribution in [1.29, 1.82) is 0 Å². The number of rotatable bonds is 66. The van der Waals surface area contributed by atoms with Crippen LogP contribution in [0.25, 0.3) is 0 Å². The molecule has 0 saturated carbocycles. The molecule has 0 heterocycles. The summed E-state index contributed by atoms with van der Waals surface area (Å²) in [5.74, 6) is -0.777. The standard InChI is InChI=1S/C72H136NO8P/c1-6-8-10-12-14-16-18-20-22-24-26-28-30-32-34-36-38-40-42-44-46-48-50-52-54-56-58-60-62-64-71(74)78-68-70(69-80-82(76,77)79-67-66-73(3,4)5)81-72(75)65-63-61-59-57-55-53-51-49-47-45-43-41-39-37-35-33-31-29-27-25-23-21-19-17-15-13-11-9-7-2/h9,11,15,17,21,23,27,29,70H,6-8,10,12-14,16,18-20,22,24-26,28,30-69H2,1-5H3/p+1/b11-9-,17-15-,23-21-,29-27-. The monoisotopic (exact) mass is 1180 g/mol. The molecule has 0 aliphatic heterocycles. The highest BCUT2D eigenvalue weighted by Crippen LogP contribution is 2.43. The number of ether oxygens (including phenoxy) is 2. The summed E-state index contributed by atoms with van der Waals surface area (Å²) in [7, 11) is 1.49. The summed E-state index contributed by atoms with van der Waals surface area (Å²) >= 11 is 0. The minimum Gasteiger partial charge on any atom is -0.462 e. The third kappa shape index (κ3) is 67.1. The Balaban J connectivity index is 3.99. The van der Waals surface area contributed by atoms with E-state index in [0.29, 0.717) is 23.9 Å². The number of esters is 2. The third-order valence-corrected chi connectivity index (χ3v) is 16.9. The minimum absolute atomic E-state index is 0.0337. The summed E-state index contributed by atoms with van der Waals surface area (Å²) in [5, 5.41) is 0. The van der Waals surface area contributed by atoms with Crippen LogP contribution < -0.4 is 0 Å². The quantitative estimate of drug-likeness (QED) is 0.0211. The van der Waals surface area contributed by atoms with Crippen molar-refractivity contribution in [3.63, 3.8) is 0 Å². The van der Waals surface area contributed by atoms with E-state index in [1.54, 1.807) is 0 Å². The molecule has 0 aliphatic rings. The number of phosphoric ester groups is 1. The number of likely N-dealkylation sites (N-methyl/N-ethyl adjacent to an activating group) is 1. The number of nitrogens with zero attached hydrogens (tertiary/aromatic N) is 1. The van der Waals surface area contributed by atoms with E-state index in [4.69, 9.17) is 18.5 Å². The highest BCUT2D eigenvalue weighted by molar-refractivity contribution is 7.47. The van der Waals surface area contributed by atoms with Gasteiger partial charge in [-0.05, 0) is 51.4 Å². The Morgan fingerprint density at radius 3 is 1.04 bits per heavy atom. The lowest BCUT2D eigenvalue weighted by Crippen LogP contribution is -2.37. The van der Waals surface area contributed by atoms with Gasteiger partial charge in [-0.15, -0.1) is 0 Å². The molecule has 0 aromatic carbocycles. The molecule has 82 heavy (non-hydrogen) atoms. The Bertz CT molecular complexity index is 1520. The van der Waals surface area contributed by atoms with Crippen LogP contribution in [0, 0.1) is 0 Å². The van der Waals surface area contributed by atoms with Crippen molar-refractivity contribution in [2.45, 2.75) is 354 Å². The van der Waals surface area contributed by atoms with E-state index in [1.165, 1.54) is 257 Å². The van der Waals surface area contributed by atoms with Gasteiger partial charge in [-0.3, -0.25) is 18.6 Å². The van der Waals surface area contributed by atoms with E-state index in [2.05, 4.69) is 62.5 Å². The van der Waals surface area contributed by atoms with E-state index in [0.717, 1.165) is 57.8 Å². The van der Waals surface area contributed by atoms with Crippen LogP contribution in [0.4, 0.5) is 0 Å². The number of allylic oxidation sites excluding steroid dienone is 8. The van der Waals surface area contributed by atoms with Gasteiger partial charge in [0.1, 0.15) is 19.8 Å². The maximum Gasteiger partial charge on any atom is 0.472 e. The van der Waals surface area contributed by atoms with Crippen molar-refractivity contribution < 1.29 is 42.1 Å². The Kier molecular flexibility index (Phi) is 61.9. The summed E-state index contributed by atoms with van der Waals surface area (Å²) in [4.78, 5) is 35.9. The van der Waals surface area contributed by atoms with Crippen molar-refractivity contribution in [1.82, 2.24) is 0 Å². The maximum atomic E-state index is 12.9. The molecule has 0 rings (SSSR count). The topological polar surface area (TPSA) is 108 Å². The highest BCUT2D eigenvalue weighted by Gasteiger charge is 2.27. The van der Waals surface area contributed by atoms with Crippen LogP contribution in [0.2, 0.25) is 0 Å². The summed E-state index contributed by atoms with van der Waals surface area (Å²) in [5.41, 5.74) is 0. The van der Waals surface area contributed by atoms with Gasteiger partial charge < -0.3 is 18.9 Å². The molecule has 0 spiro atoms. The first-order chi connectivity index (χ1) is 40.0. The number of unbranched alkanes of at least 4 members (excludes halogenated alkanes) is 44. The Hall–Kier alpha value is -2.03. The van der Waals surface area contributed by atoms with Crippen molar-refractivity contribution in [2.24, 2.45) is 0 Å². The van der Waals surface area contributed by atoms with E-state index in [-0.39, 0.29) is 25.6 Å². The van der Waals surface area contributed by atoms with E-state index in [1.807, 2.05) is 21.1 Å². The van der Waals surface area contributed by atoms with E-state index in [9.17, 15) is 19.0 Å². The van der Waals surface area contributed by atoms with Crippen LogP contribution in [-0.4, -0.2) is 74.9 Å². The maximum absolute atomic E-state index is 12.9. The zero-order chi connectivity index (χ0) is 59.8. The van der Waals surface area contributed by atoms with Gasteiger partial charge in [0.2, 0.25) is 0 Å². The number of phosphoric acid groups is 1. The second kappa shape index (κ2) is 63.5. The van der Waals surface area contributed by atoms with Crippen LogP contribution in [0.15, 0.2) is 48.6 Å². The highest BCUT2D eigenvalue weighted by atomic mass is 31.2. The second-order valence-electron chi connectivity index (χ2n) is 25.3. The van der Waals surface area contributed by atoms with Gasteiger partial charge in [-0.25, -0.2) is 4.57 Å². The van der Waals surface area contributed by atoms with E-state index < -0.39 is 26.5 Å². The average Bonchev–Trinajstić information content (AvgIpc) is 3.45. The van der Waals surface area contributed by atoms with Crippen molar-refractivity contribution in [3.8, 4) is 0 Å². The van der Waals surface area contributed by atoms with Gasteiger partial charge in [-0.2, -0.15) is 0 Å². The van der Waals surface area contributed by atoms with Crippen LogP contribution >= 0.6 is 7.82 Å². The van der Waals surface area contributed by atoms with Crippen LogP contribution in [-0.2, 0) is 32.7 Å². The number of carbonyl (C=O) groups is 2. The third-order valence-electron chi connectivity index (χ3n) is 15.9. The molecule has 0 aliphatic carbocycles. The fourth-order valence-corrected chi connectivity index (χ4v) is 11.2. The van der Waals surface area contributed by atoms with Crippen molar-refractivity contribution in [3.05, 3.63) is 48.6 Å². The van der Waals surface area contributed by atoms with Crippen LogP contribution in [0.1, 0.15) is 348 Å². The lowest BCUT2D eigenvalue weighted by atomic mass is 10.0. The fourth-order valence-electron chi connectivity index (χ4n) is 10.5. The molecular formula is C72H137NO8P+. The molecule has 0 radical (unpaired) electrons. The summed E-state index contributed by atoms with van der Waals surface area (Å²) in [6.45, 7) is 4.39. The average molecular weight is 1180 g/mol. The zero-order valence-electron chi connectivity index (χ0n) is 55.0. The van der Waals surface area contributed by atoms with Gasteiger partial charge in [-0.1, -0.05) is 332 Å². The number of carbonyl (C=O) groups excluding carboxylic acids is 2. The van der Waals surface area contributed by atoms with Gasteiger partial charge in [0.25, 0.3) is 0 Å². The molecule has 0 saturated heterocycles. The fraction of sp³-hybridized carbons (Fsp3) is 0.861. The van der Waals surface area contributed by atoms with Gasteiger partial charge >= 0.3 is 19.8 Å². The predicted molar refractivity (Wildman–Crippen MR) is 353 cm³/mol. The molecule has 0 fully saturated rings. The Morgan fingerprint density at radius 2 is 0.695 bits per heavy atom. The normalized spacial score (nSPS) is 13.4. The van der Waals surface area contributed by atoms with Gasteiger partial charge in [0.15, 0.2) is 6.10 Å². The van der Waals surface area contributed by atoms with Crippen molar-refractivity contribution in [2.75, 3.05) is 47.5 Å². The van der Waals surface area contributed by atoms with Gasteiger partial charge in [0.05, 0.1) is 27.7 Å². The second-order valence-corrected chi connectivity index (χ2v) is 26.7. The molecule has 10 heteroatoms.